The van der Waals surface area contributed by atoms with E-state index in [-0.39, 0.29) is 11.3 Å². The Kier molecular flexibility index (Phi) is 4.27. The average Bonchev–Trinajstić information content (AvgIpc) is 3.10. The number of ether oxygens (including phenoxy) is 1. The highest BCUT2D eigenvalue weighted by Crippen LogP contribution is 2.32. The van der Waals surface area contributed by atoms with E-state index < -0.39 is 6.61 Å². The fourth-order valence-corrected chi connectivity index (χ4v) is 3.00. The van der Waals surface area contributed by atoms with Crippen LogP contribution in [0.25, 0.3) is 33.5 Å². The van der Waals surface area contributed by atoms with Crippen molar-refractivity contribution in [2.45, 2.75) is 6.61 Å². The van der Waals surface area contributed by atoms with Crippen LogP contribution in [0, 0.1) is 11.3 Å². The number of aromatic amines is 1. The van der Waals surface area contributed by atoms with E-state index in [1.165, 1.54) is 12.1 Å². The Bertz CT molecular complexity index is 1170. The highest BCUT2D eigenvalue weighted by molar-refractivity contribution is 6.00. The van der Waals surface area contributed by atoms with Crippen LogP contribution in [0.1, 0.15) is 11.4 Å². The molecule has 0 aliphatic heterocycles. The standard InChI is InChI=1S/C21H13F2N3O/c22-21(23)27-19-10-9-13-5-1-2-6-15(13)16(19)11-14(12-24)20-25-17-7-3-4-8-18(17)26-20/h1-11,21H,(H,25,26). The quantitative estimate of drug-likeness (QED) is 0.496. The molecule has 4 aromatic rings. The van der Waals surface area contributed by atoms with Crippen molar-refractivity contribution < 1.29 is 13.5 Å². The van der Waals surface area contributed by atoms with E-state index in [1.807, 2.05) is 36.4 Å². The van der Waals surface area contributed by atoms with Crippen LogP contribution in [0.4, 0.5) is 8.78 Å². The summed E-state index contributed by atoms with van der Waals surface area (Å²) in [7, 11) is 0. The maximum atomic E-state index is 12.9. The van der Waals surface area contributed by atoms with Gasteiger partial charge in [-0.2, -0.15) is 14.0 Å². The first-order chi connectivity index (χ1) is 13.2. The topological polar surface area (TPSA) is 61.7 Å². The van der Waals surface area contributed by atoms with Crippen LogP contribution in [0.3, 0.4) is 0 Å². The summed E-state index contributed by atoms with van der Waals surface area (Å²) in [4.78, 5) is 7.50. The lowest BCUT2D eigenvalue weighted by Crippen LogP contribution is -2.03. The van der Waals surface area contributed by atoms with Gasteiger partial charge in [-0.05, 0) is 35.0 Å². The van der Waals surface area contributed by atoms with Gasteiger partial charge >= 0.3 is 6.61 Å². The Labute approximate surface area is 153 Å². The molecule has 0 unspecified atom stereocenters. The van der Waals surface area contributed by atoms with Gasteiger partial charge in [0.2, 0.25) is 0 Å². The fraction of sp³-hybridized carbons (Fsp3) is 0.0476. The molecule has 1 N–H and O–H groups in total. The number of benzene rings is 3. The summed E-state index contributed by atoms with van der Waals surface area (Å²) in [6, 6.07) is 20.0. The predicted molar refractivity (Wildman–Crippen MR) is 100 cm³/mol. The van der Waals surface area contributed by atoms with Gasteiger partial charge in [0.25, 0.3) is 0 Å². The molecular weight excluding hydrogens is 348 g/mol. The zero-order valence-electron chi connectivity index (χ0n) is 14.0. The van der Waals surface area contributed by atoms with Crippen molar-refractivity contribution in [2.75, 3.05) is 0 Å². The molecule has 0 saturated heterocycles. The zero-order valence-corrected chi connectivity index (χ0v) is 14.0. The van der Waals surface area contributed by atoms with E-state index in [0.29, 0.717) is 16.8 Å². The molecule has 0 aliphatic carbocycles. The number of hydrogen-bond donors (Lipinski definition) is 1. The van der Waals surface area contributed by atoms with Crippen molar-refractivity contribution in [3.05, 3.63) is 72.1 Å². The number of nitrogens with zero attached hydrogens (tertiary/aromatic N) is 2. The van der Waals surface area contributed by atoms with Crippen molar-refractivity contribution >= 4 is 33.5 Å². The minimum atomic E-state index is -2.96. The van der Waals surface area contributed by atoms with Crippen molar-refractivity contribution in [3.63, 3.8) is 0 Å². The molecule has 1 heterocycles. The summed E-state index contributed by atoms with van der Waals surface area (Å²) in [5.74, 6) is 0.377. The molecule has 27 heavy (non-hydrogen) atoms. The molecule has 4 nitrogen and oxygen atoms in total. The summed E-state index contributed by atoms with van der Waals surface area (Å²) in [5, 5.41) is 11.2. The average molecular weight is 361 g/mol. The third-order valence-electron chi connectivity index (χ3n) is 4.20. The van der Waals surface area contributed by atoms with Gasteiger partial charge in [0.05, 0.1) is 16.6 Å². The van der Waals surface area contributed by atoms with Gasteiger partial charge in [0.15, 0.2) is 0 Å². The van der Waals surface area contributed by atoms with Gasteiger partial charge < -0.3 is 9.72 Å². The number of nitrogens with one attached hydrogen (secondary N) is 1. The van der Waals surface area contributed by atoms with Gasteiger partial charge in [0, 0.05) is 5.56 Å². The Balaban J connectivity index is 1.92. The number of para-hydroxylation sites is 2. The molecule has 0 spiro atoms. The first-order valence-corrected chi connectivity index (χ1v) is 8.19. The molecule has 132 valence electrons. The van der Waals surface area contributed by atoms with Crippen LogP contribution in [-0.2, 0) is 0 Å². The molecular formula is C21H13F2N3O. The highest BCUT2D eigenvalue weighted by atomic mass is 19.3. The first-order valence-electron chi connectivity index (χ1n) is 8.19. The van der Waals surface area contributed by atoms with E-state index in [0.717, 1.165) is 16.4 Å². The van der Waals surface area contributed by atoms with Crippen LogP contribution in [0.2, 0.25) is 0 Å². The number of rotatable bonds is 4. The number of nitriles is 1. The molecule has 1 aromatic heterocycles. The van der Waals surface area contributed by atoms with Gasteiger partial charge in [0.1, 0.15) is 17.6 Å². The first kappa shape index (κ1) is 16.7. The number of aromatic nitrogens is 2. The summed E-state index contributed by atoms with van der Waals surface area (Å²) >= 11 is 0. The second kappa shape index (κ2) is 6.89. The molecule has 0 saturated carbocycles. The number of alkyl halides is 2. The molecule has 3 aromatic carbocycles. The molecule has 4 rings (SSSR count). The second-order valence-corrected chi connectivity index (χ2v) is 5.85. The van der Waals surface area contributed by atoms with Crippen molar-refractivity contribution in [2.24, 2.45) is 0 Å². The number of H-pyrrole nitrogens is 1. The number of fused-ring (bicyclic) bond motifs is 2. The maximum Gasteiger partial charge on any atom is 0.387 e. The molecule has 6 heteroatoms. The molecule has 0 fully saturated rings. The van der Waals surface area contributed by atoms with Crippen molar-refractivity contribution in [3.8, 4) is 11.8 Å². The van der Waals surface area contributed by atoms with Crippen LogP contribution >= 0.6 is 0 Å². The number of hydrogen-bond acceptors (Lipinski definition) is 3. The summed E-state index contributed by atoms with van der Waals surface area (Å²) < 4.78 is 30.4. The molecule has 0 aliphatic rings. The summed E-state index contributed by atoms with van der Waals surface area (Å²) in [5.41, 5.74) is 2.14. The van der Waals surface area contributed by atoms with Crippen LogP contribution in [0.15, 0.2) is 60.7 Å². The van der Waals surface area contributed by atoms with Gasteiger partial charge in [-0.3, -0.25) is 0 Å². The lowest BCUT2D eigenvalue weighted by molar-refractivity contribution is -0.0498. The third kappa shape index (κ3) is 3.23. The minimum Gasteiger partial charge on any atom is -0.434 e. The van der Waals surface area contributed by atoms with Gasteiger partial charge in [-0.25, -0.2) is 4.98 Å². The summed E-state index contributed by atoms with van der Waals surface area (Å²) in [6.07, 6.45) is 1.53. The lowest BCUT2D eigenvalue weighted by Gasteiger charge is -2.11. The van der Waals surface area contributed by atoms with Crippen LogP contribution < -0.4 is 4.74 Å². The minimum absolute atomic E-state index is 0.00700. The fourth-order valence-electron chi connectivity index (χ4n) is 3.00. The predicted octanol–water partition coefficient (Wildman–Crippen LogP) is 5.38. The zero-order chi connectivity index (χ0) is 18.8. The number of allylic oxidation sites excluding steroid dienone is 1. The normalized spacial score (nSPS) is 11.9. The molecule has 0 bridgehead atoms. The van der Waals surface area contributed by atoms with Crippen molar-refractivity contribution in [1.29, 1.82) is 5.26 Å². The number of halogens is 2. The van der Waals surface area contributed by atoms with E-state index >= 15 is 0 Å². The van der Waals surface area contributed by atoms with Crippen molar-refractivity contribution in [1.82, 2.24) is 9.97 Å². The van der Waals surface area contributed by atoms with E-state index in [9.17, 15) is 14.0 Å². The largest absolute Gasteiger partial charge is 0.434 e. The summed E-state index contributed by atoms with van der Waals surface area (Å²) in [6.45, 7) is -2.96. The van der Waals surface area contributed by atoms with Crippen LogP contribution in [0.5, 0.6) is 5.75 Å². The monoisotopic (exact) mass is 361 g/mol. The number of imidazole rings is 1. The SMILES string of the molecule is N#CC(=Cc1c(OC(F)F)ccc2ccccc12)c1nc2ccccc2[nH]1. The Morgan fingerprint density at radius 3 is 2.63 bits per heavy atom. The maximum absolute atomic E-state index is 12.9. The van der Waals surface area contributed by atoms with Gasteiger partial charge in [-0.15, -0.1) is 0 Å². The lowest BCUT2D eigenvalue weighted by atomic mass is 10.0. The smallest absolute Gasteiger partial charge is 0.387 e. The van der Waals surface area contributed by atoms with Gasteiger partial charge in [-0.1, -0.05) is 42.5 Å². The second-order valence-electron chi connectivity index (χ2n) is 5.85. The van der Waals surface area contributed by atoms with E-state index in [4.69, 9.17) is 0 Å². The van der Waals surface area contributed by atoms with E-state index in [1.54, 1.807) is 18.2 Å². The van der Waals surface area contributed by atoms with Crippen LogP contribution in [-0.4, -0.2) is 16.6 Å². The Morgan fingerprint density at radius 1 is 1.07 bits per heavy atom. The van der Waals surface area contributed by atoms with E-state index in [2.05, 4.69) is 20.8 Å². The molecule has 0 radical (unpaired) electrons. The third-order valence-corrected chi connectivity index (χ3v) is 4.20. The molecule has 0 amide bonds. The Morgan fingerprint density at radius 2 is 1.85 bits per heavy atom. The Hall–Kier alpha value is -3.72. The molecule has 0 atom stereocenters. The highest BCUT2D eigenvalue weighted by Gasteiger charge is 2.14.